The summed E-state index contributed by atoms with van der Waals surface area (Å²) in [5.74, 6) is 0. The molecule has 0 radical (unpaired) electrons. The first-order valence-electron chi connectivity index (χ1n) is 4.35. The summed E-state index contributed by atoms with van der Waals surface area (Å²) in [5.41, 5.74) is -1.24. The molecule has 0 spiro atoms. The standard InChI is InChI=1S/C6H3BrN2O9S3/c7-4-3(19(10,11)12)1-2(9-8)5(20(13,14)15)6(4)21(16,17)18/h1H,(H2-,10,11,12,13,14,15,16,17,18)/p+1. The van der Waals surface area contributed by atoms with Gasteiger partial charge in [-0.15, -0.1) is 0 Å². The lowest BCUT2D eigenvalue weighted by Crippen LogP contribution is -2.12. The highest BCUT2D eigenvalue weighted by atomic mass is 79.9. The second-order valence-electron chi connectivity index (χ2n) is 3.39. The smallest absolute Gasteiger partial charge is 0.282 e. The lowest BCUT2D eigenvalue weighted by molar-refractivity contribution is 0.464. The zero-order chi connectivity index (χ0) is 16.8. The maximum absolute atomic E-state index is 11.2. The van der Waals surface area contributed by atoms with Crippen LogP contribution in [-0.4, -0.2) is 38.9 Å². The second-order valence-corrected chi connectivity index (χ2v) is 8.29. The fourth-order valence-electron chi connectivity index (χ4n) is 1.32. The molecule has 0 heterocycles. The Labute approximate surface area is 126 Å². The van der Waals surface area contributed by atoms with E-state index in [1.165, 1.54) is 0 Å². The van der Waals surface area contributed by atoms with Gasteiger partial charge in [0.25, 0.3) is 20.2 Å². The molecule has 0 unspecified atom stereocenters. The molecule has 0 amide bonds. The number of hydrogen-bond donors (Lipinski definition) is 3. The molecule has 1 rings (SSSR count). The van der Waals surface area contributed by atoms with Crippen molar-refractivity contribution < 1.29 is 38.9 Å². The molecule has 3 N–H and O–H groups in total. The van der Waals surface area contributed by atoms with Gasteiger partial charge in [0.05, 0.1) is 10.5 Å². The van der Waals surface area contributed by atoms with Gasteiger partial charge in [-0.05, 0) is 15.9 Å². The van der Waals surface area contributed by atoms with Crippen molar-refractivity contribution in [2.24, 2.45) is 0 Å². The van der Waals surface area contributed by atoms with Crippen LogP contribution in [0.25, 0.3) is 4.98 Å². The summed E-state index contributed by atoms with van der Waals surface area (Å²) < 4.78 is 92.7. The van der Waals surface area contributed by atoms with E-state index in [1.807, 2.05) is 0 Å². The highest BCUT2D eigenvalue weighted by Gasteiger charge is 2.40. The van der Waals surface area contributed by atoms with Gasteiger partial charge in [-0.25, -0.2) is 0 Å². The van der Waals surface area contributed by atoms with Crippen LogP contribution in [-0.2, 0) is 30.4 Å². The fraction of sp³-hybridized carbons (Fsp3) is 0. The summed E-state index contributed by atoms with van der Waals surface area (Å²) in [4.78, 5) is -2.09. The van der Waals surface area contributed by atoms with Crippen molar-refractivity contribution in [1.82, 2.24) is 0 Å². The summed E-state index contributed by atoms with van der Waals surface area (Å²) in [6.45, 7) is 0. The highest BCUT2D eigenvalue weighted by molar-refractivity contribution is 9.10. The first-order chi connectivity index (χ1) is 9.21. The fourth-order valence-corrected chi connectivity index (χ4v) is 5.66. The molecule has 116 valence electrons. The summed E-state index contributed by atoms with van der Waals surface area (Å²) in [5, 5.41) is 8.63. The third-order valence-corrected chi connectivity index (χ3v) is 6.23. The van der Waals surface area contributed by atoms with E-state index < -0.39 is 55.2 Å². The molecule has 0 aliphatic carbocycles. The van der Waals surface area contributed by atoms with Crippen LogP contribution in [0.1, 0.15) is 0 Å². The highest BCUT2D eigenvalue weighted by Crippen LogP contribution is 2.40. The van der Waals surface area contributed by atoms with Gasteiger partial charge >= 0.3 is 15.8 Å². The molecule has 15 heteroatoms. The average molecular weight is 424 g/mol. The molecule has 0 aromatic heterocycles. The first kappa shape index (κ1) is 17.9. The van der Waals surface area contributed by atoms with Crippen LogP contribution in [0.5, 0.6) is 0 Å². The SMILES string of the molecule is N#[N+]c1cc(S(=O)(=O)O)c(Br)c(S(=O)(=O)O)c1S(=O)(=O)O. The summed E-state index contributed by atoms with van der Waals surface area (Å²) in [7, 11) is -15.8. The minimum atomic E-state index is -5.40. The molecule has 0 aliphatic rings. The Kier molecular flexibility index (Phi) is 4.47. The van der Waals surface area contributed by atoms with E-state index in [0.29, 0.717) is 0 Å². The molecule has 0 saturated heterocycles. The van der Waals surface area contributed by atoms with E-state index in [0.717, 1.165) is 0 Å². The predicted octanol–water partition coefficient (Wildman–Crippen LogP) is 0.674. The Hall–Kier alpha value is -1.15. The van der Waals surface area contributed by atoms with Gasteiger partial charge in [0.2, 0.25) is 10.3 Å². The quantitative estimate of drug-likeness (QED) is 0.459. The monoisotopic (exact) mass is 423 g/mol. The Bertz CT molecular complexity index is 971. The van der Waals surface area contributed by atoms with E-state index in [-0.39, 0.29) is 6.07 Å². The van der Waals surface area contributed by atoms with Crippen molar-refractivity contribution in [3.8, 4) is 0 Å². The van der Waals surface area contributed by atoms with Gasteiger partial charge in [-0.1, -0.05) is 0 Å². The molecular formula is C6H4BrN2O9S3+. The van der Waals surface area contributed by atoms with Gasteiger partial charge in [0.1, 0.15) is 9.79 Å². The van der Waals surface area contributed by atoms with Crippen molar-refractivity contribution in [2.45, 2.75) is 14.7 Å². The zero-order valence-electron chi connectivity index (χ0n) is 9.37. The molecule has 0 atom stereocenters. The van der Waals surface area contributed by atoms with E-state index in [9.17, 15) is 25.3 Å². The van der Waals surface area contributed by atoms with E-state index in [4.69, 9.17) is 19.1 Å². The number of rotatable bonds is 3. The van der Waals surface area contributed by atoms with Gasteiger partial charge in [-0.2, -0.15) is 25.3 Å². The van der Waals surface area contributed by atoms with E-state index >= 15 is 0 Å². The predicted molar refractivity (Wildman–Crippen MR) is 68.3 cm³/mol. The van der Waals surface area contributed by atoms with Crippen LogP contribution in [0.15, 0.2) is 25.2 Å². The molecule has 11 nitrogen and oxygen atoms in total. The van der Waals surface area contributed by atoms with Gasteiger partial charge < -0.3 is 0 Å². The van der Waals surface area contributed by atoms with Crippen molar-refractivity contribution in [1.29, 1.82) is 5.39 Å². The van der Waals surface area contributed by atoms with Gasteiger partial charge in [0, 0.05) is 0 Å². The summed E-state index contributed by atoms with van der Waals surface area (Å²) >= 11 is 2.38. The van der Waals surface area contributed by atoms with Crippen LogP contribution in [0.2, 0.25) is 0 Å². The number of diazo groups is 1. The zero-order valence-corrected chi connectivity index (χ0v) is 13.4. The Morgan fingerprint density at radius 1 is 0.905 bits per heavy atom. The van der Waals surface area contributed by atoms with Crippen LogP contribution in [0.3, 0.4) is 0 Å². The van der Waals surface area contributed by atoms with Crippen molar-refractivity contribution >= 4 is 52.0 Å². The normalized spacial score (nSPS) is 12.9. The molecule has 0 fully saturated rings. The largest absolute Gasteiger partial charge is 0.408 e. The van der Waals surface area contributed by atoms with Gasteiger partial charge in [0.15, 0.2) is 4.98 Å². The van der Waals surface area contributed by atoms with Gasteiger partial charge in [-0.3, -0.25) is 13.7 Å². The second kappa shape index (κ2) is 5.24. The van der Waals surface area contributed by atoms with Crippen LogP contribution < -0.4 is 0 Å². The van der Waals surface area contributed by atoms with Crippen LogP contribution >= 0.6 is 15.9 Å². The van der Waals surface area contributed by atoms with Crippen molar-refractivity contribution in [3.63, 3.8) is 0 Å². The number of halogens is 1. The number of benzene rings is 1. The van der Waals surface area contributed by atoms with Crippen molar-refractivity contribution in [2.75, 3.05) is 0 Å². The van der Waals surface area contributed by atoms with Crippen LogP contribution in [0, 0.1) is 5.39 Å². The lowest BCUT2D eigenvalue weighted by atomic mass is 10.3. The molecule has 1 aromatic carbocycles. The number of nitrogens with zero attached hydrogens (tertiary/aromatic N) is 2. The topological polar surface area (TPSA) is 191 Å². The third-order valence-electron chi connectivity index (χ3n) is 2.02. The van der Waals surface area contributed by atoms with Crippen molar-refractivity contribution in [3.05, 3.63) is 15.5 Å². The van der Waals surface area contributed by atoms with E-state index in [1.54, 1.807) is 0 Å². The summed E-state index contributed by atoms with van der Waals surface area (Å²) in [6.07, 6.45) is 0. The maximum Gasteiger partial charge on any atom is 0.408 e. The molecule has 0 aliphatic heterocycles. The average Bonchev–Trinajstić information content (AvgIpc) is 2.23. The minimum absolute atomic E-state index is 0.261. The minimum Gasteiger partial charge on any atom is -0.282 e. The number of hydrogen-bond acceptors (Lipinski definition) is 7. The molecular weight excluding hydrogens is 420 g/mol. The molecule has 0 saturated carbocycles. The molecule has 1 aromatic rings. The van der Waals surface area contributed by atoms with Crippen LogP contribution in [0.4, 0.5) is 5.69 Å². The Morgan fingerprint density at radius 2 is 1.33 bits per heavy atom. The summed E-state index contributed by atoms with van der Waals surface area (Å²) in [6, 6.07) is 0.261. The Balaban J connectivity index is 4.32. The first-order valence-corrected chi connectivity index (χ1v) is 9.46. The lowest BCUT2D eigenvalue weighted by Gasteiger charge is -2.07. The Morgan fingerprint density at radius 3 is 1.62 bits per heavy atom. The maximum atomic E-state index is 11.2. The molecule has 21 heavy (non-hydrogen) atoms. The van der Waals surface area contributed by atoms with E-state index in [2.05, 4.69) is 20.9 Å². The third kappa shape index (κ3) is 3.55. The molecule has 0 bridgehead atoms.